The van der Waals surface area contributed by atoms with Crippen molar-refractivity contribution >= 4 is 27.7 Å². The molecule has 0 saturated heterocycles. The molecular weight excluding hydrogens is 350 g/mol. The summed E-state index contributed by atoms with van der Waals surface area (Å²) in [5.74, 6) is 0. The highest BCUT2D eigenvalue weighted by atomic mass is 79.9. The van der Waals surface area contributed by atoms with Gasteiger partial charge >= 0.3 is 0 Å². The van der Waals surface area contributed by atoms with E-state index in [1.807, 2.05) is 11.7 Å². The Morgan fingerprint density at radius 2 is 2.19 bits per heavy atom. The van der Waals surface area contributed by atoms with Gasteiger partial charge in [0.2, 0.25) is 5.16 Å². The smallest absolute Gasteiger partial charge is 0.214 e. The summed E-state index contributed by atoms with van der Waals surface area (Å²) in [6.07, 6.45) is 4.91. The molecule has 0 bridgehead atoms. The van der Waals surface area contributed by atoms with Crippen LogP contribution in [0.15, 0.2) is 32.7 Å². The molecule has 1 N–H and O–H groups in total. The van der Waals surface area contributed by atoms with E-state index in [0.29, 0.717) is 6.04 Å². The number of hydrogen-bond donors (Lipinski definition) is 1. The Labute approximate surface area is 137 Å². The average molecular weight is 368 g/mol. The first-order chi connectivity index (χ1) is 10.3. The Hall–Kier alpha value is -0.920. The lowest BCUT2D eigenvalue weighted by atomic mass is 10.2. The molecule has 1 heterocycles. The molecule has 0 atom stereocenters. The summed E-state index contributed by atoms with van der Waals surface area (Å²) in [7, 11) is 1.95. The van der Waals surface area contributed by atoms with Gasteiger partial charge < -0.3 is 5.32 Å². The minimum atomic E-state index is 0.463. The fraction of sp³-hybridized carbons (Fsp3) is 0.500. The molecule has 1 saturated carbocycles. The molecule has 0 aliphatic heterocycles. The van der Waals surface area contributed by atoms with E-state index < -0.39 is 0 Å². The van der Waals surface area contributed by atoms with Gasteiger partial charge in [0.1, 0.15) is 0 Å². The van der Waals surface area contributed by atoms with Gasteiger partial charge in [0, 0.05) is 15.9 Å². The van der Waals surface area contributed by atoms with Gasteiger partial charge in [-0.2, -0.15) is 0 Å². The number of nitrogens with one attached hydrogen (secondary N) is 1. The molecule has 2 aromatic rings. The largest absolute Gasteiger partial charge is 0.316 e. The molecule has 0 spiro atoms. The predicted octanol–water partition coefficient (Wildman–Crippen LogP) is 3.42. The number of benzene rings is 1. The summed E-state index contributed by atoms with van der Waals surface area (Å²) in [6, 6.07) is 6.86. The van der Waals surface area contributed by atoms with E-state index in [-0.39, 0.29) is 0 Å². The molecule has 1 fully saturated rings. The maximum Gasteiger partial charge on any atom is 0.214 e. The lowest BCUT2D eigenvalue weighted by Gasteiger charge is -2.11. The molecule has 112 valence electrons. The fourth-order valence-electron chi connectivity index (χ4n) is 2.67. The molecule has 5 nitrogen and oxygen atoms in total. The summed E-state index contributed by atoms with van der Waals surface area (Å²) >= 11 is 5.27. The monoisotopic (exact) mass is 367 g/mol. The lowest BCUT2D eigenvalue weighted by Crippen LogP contribution is -2.08. The molecule has 1 aromatic carbocycles. The van der Waals surface area contributed by atoms with Crippen LogP contribution >= 0.6 is 27.7 Å². The van der Waals surface area contributed by atoms with Crippen molar-refractivity contribution in [3.05, 3.63) is 28.2 Å². The Balaban J connectivity index is 1.79. The van der Waals surface area contributed by atoms with Gasteiger partial charge in [-0.15, -0.1) is 5.10 Å². The maximum absolute atomic E-state index is 4.19. The van der Waals surface area contributed by atoms with Crippen molar-refractivity contribution in [2.75, 3.05) is 7.05 Å². The van der Waals surface area contributed by atoms with Gasteiger partial charge in [0.25, 0.3) is 0 Å². The van der Waals surface area contributed by atoms with Crippen molar-refractivity contribution in [2.45, 2.75) is 48.3 Å². The summed E-state index contributed by atoms with van der Waals surface area (Å²) in [5.41, 5.74) is 1.25. The Morgan fingerprint density at radius 3 is 2.90 bits per heavy atom. The molecule has 1 aromatic heterocycles. The molecule has 0 amide bonds. The predicted molar refractivity (Wildman–Crippen MR) is 86.4 cm³/mol. The zero-order chi connectivity index (χ0) is 14.7. The van der Waals surface area contributed by atoms with Crippen LogP contribution in [0.5, 0.6) is 0 Å². The number of hydrogen-bond acceptors (Lipinski definition) is 5. The topological polar surface area (TPSA) is 55.6 Å². The normalized spacial score (nSPS) is 15.7. The van der Waals surface area contributed by atoms with E-state index in [9.17, 15) is 0 Å². The van der Waals surface area contributed by atoms with E-state index in [1.54, 1.807) is 11.8 Å². The molecule has 0 unspecified atom stereocenters. The third-order valence-electron chi connectivity index (χ3n) is 3.71. The highest BCUT2D eigenvalue weighted by Gasteiger charge is 2.22. The van der Waals surface area contributed by atoms with Gasteiger partial charge in [0.05, 0.1) is 6.04 Å². The molecule has 1 aliphatic carbocycles. The van der Waals surface area contributed by atoms with Crippen LogP contribution in [0.3, 0.4) is 0 Å². The first kappa shape index (κ1) is 15.0. The second-order valence-corrected chi connectivity index (χ2v) is 7.10. The number of tetrazole rings is 1. The summed E-state index contributed by atoms with van der Waals surface area (Å²) in [6.45, 7) is 0.864. The van der Waals surface area contributed by atoms with Gasteiger partial charge in [-0.25, -0.2) is 4.68 Å². The van der Waals surface area contributed by atoms with Crippen LogP contribution in [-0.2, 0) is 6.54 Å². The van der Waals surface area contributed by atoms with Crippen molar-refractivity contribution in [1.82, 2.24) is 25.5 Å². The number of aromatic nitrogens is 4. The van der Waals surface area contributed by atoms with Gasteiger partial charge in [0.15, 0.2) is 0 Å². The van der Waals surface area contributed by atoms with Crippen LogP contribution in [0.4, 0.5) is 0 Å². The zero-order valence-corrected chi connectivity index (χ0v) is 14.3. The van der Waals surface area contributed by atoms with Crippen LogP contribution in [-0.4, -0.2) is 27.3 Å². The maximum atomic E-state index is 4.19. The molecule has 7 heteroatoms. The summed E-state index contributed by atoms with van der Waals surface area (Å²) < 4.78 is 3.08. The minimum Gasteiger partial charge on any atom is -0.316 e. The van der Waals surface area contributed by atoms with E-state index >= 15 is 0 Å². The first-order valence-electron chi connectivity index (χ1n) is 7.16. The van der Waals surface area contributed by atoms with E-state index in [4.69, 9.17) is 0 Å². The SMILES string of the molecule is CNCc1ccc(Sc2nnnn2C2CCCC2)c(Br)c1. The van der Waals surface area contributed by atoms with Crippen LogP contribution in [0.2, 0.25) is 0 Å². The van der Waals surface area contributed by atoms with E-state index in [1.165, 1.54) is 31.2 Å². The highest BCUT2D eigenvalue weighted by molar-refractivity contribution is 9.10. The Bertz CT molecular complexity index is 609. The minimum absolute atomic E-state index is 0.463. The van der Waals surface area contributed by atoms with Crippen LogP contribution in [0, 0.1) is 0 Å². The van der Waals surface area contributed by atoms with Crippen molar-refractivity contribution in [1.29, 1.82) is 0 Å². The van der Waals surface area contributed by atoms with E-state index in [0.717, 1.165) is 21.1 Å². The highest BCUT2D eigenvalue weighted by Crippen LogP contribution is 2.36. The third-order valence-corrected chi connectivity index (χ3v) is 5.66. The second kappa shape index (κ2) is 6.89. The Kier molecular flexibility index (Phi) is 4.92. The van der Waals surface area contributed by atoms with Gasteiger partial charge in [-0.1, -0.05) is 18.9 Å². The summed E-state index contributed by atoms with van der Waals surface area (Å²) in [5, 5.41) is 16.3. The fourth-order valence-corrected chi connectivity index (χ4v) is 4.18. The number of nitrogens with zero attached hydrogens (tertiary/aromatic N) is 4. The number of halogens is 1. The standard InChI is InChI=1S/C14H18BrN5S/c1-16-9-10-6-7-13(12(15)8-10)21-14-17-18-19-20(14)11-4-2-3-5-11/h6-8,11,16H,2-5,9H2,1H3. The third kappa shape index (κ3) is 3.46. The second-order valence-electron chi connectivity index (χ2n) is 5.24. The van der Waals surface area contributed by atoms with Crippen LogP contribution in [0.25, 0.3) is 0 Å². The van der Waals surface area contributed by atoms with Gasteiger partial charge in [-0.05, 0) is 75.7 Å². The van der Waals surface area contributed by atoms with Crippen molar-refractivity contribution < 1.29 is 0 Å². The van der Waals surface area contributed by atoms with Gasteiger partial charge in [-0.3, -0.25) is 0 Å². The van der Waals surface area contributed by atoms with Crippen molar-refractivity contribution in [2.24, 2.45) is 0 Å². The first-order valence-corrected chi connectivity index (χ1v) is 8.77. The van der Waals surface area contributed by atoms with E-state index in [2.05, 4.69) is 55.0 Å². The molecule has 21 heavy (non-hydrogen) atoms. The molecule has 0 radical (unpaired) electrons. The quantitative estimate of drug-likeness (QED) is 0.877. The molecule has 1 aliphatic rings. The van der Waals surface area contributed by atoms with Crippen molar-refractivity contribution in [3.8, 4) is 0 Å². The summed E-state index contributed by atoms with van der Waals surface area (Å²) in [4.78, 5) is 1.14. The average Bonchev–Trinajstić information content (AvgIpc) is 3.13. The zero-order valence-electron chi connectivity index (χ0n) is 11.9. The van der Waals surface area contributed by atoms with Crippen LogP contribution < -0.4 is 5.32 Å². The Morgan fingerprint density at radius 1 is 1.38 bits per heavy atom. The molecule has 3 rings (SSSR count). The number of rotatable bonds is 5. The van der Waals surface area contributed by atoms with Crippen LogP contribution in [0.1, 0.15) is 37.3 Å². The molecular formula is C14H18BrN5S. The van der Waals surface area contributed by atoms with Crippen molar-refractivity contribution in [3.63, 3.8) is 0 Å². The lowest BCUT2D eigenvalue weighted by molar-refractivity contribution is 0.423.